The molecule has 0 aliphatic carbocycles. The van der Waals surface area contributed by atoms with Gasteiger partial charge in [-0.2, -0.15) is 13.2 Å². The van der Waals surface area contributed by atoms with Crippen LogP contribution in [0.4, 0.5) is 13.2 Å². The largest absolute Gasteiger partial charge is 0.506 e. The van der Waals surface area contributed by atoms with Crippen molar-refractivity contribution in [3.05, 3.63) is 23.5 Å². The minimum Gasteiger partial charge on any atom is -0.506 e. The second-order valence-corrected chi connectivity index (χ2v) is 2.35. The fourth-order valence-corrected chi connectivity index (χ4v) is 0.805. The molecule has 1 rings (SSSR count). The molecule has 0 atom stereocenters. The third kappa shape index (κ3) is 2.09. The van der Waals surface area contributed by atoms with E-state index in [-0.39, 0.29) is 5.69 Å². The van der Waals surface area contributed by atoms with Crippen molar-refractivity contribution in [3.63, 3.8) is 0 Å². The van der Waals surface area contributed by atoms with Crippen molar-refractivity contribution in [1.29, 1.82) is 0 Å². The maximum atomic E-state index is 12.1. The Kier molecular flexibility index (Phi) is 2.42. The maximum Gasteiger partial charge on any atom is 0.420 e. The van der Waals surface area contributed by atoms with E-state index >= 15 is 0 Å². The molecule has 3 nitrogen and oxygen atoms in total. The zero-order valence-corrected chi connectivity index (χ0v) is 6.34. The zero-order valence-electron chi connectivity index (χ0n) is 6.34. The Morgan fingerprint density at radius 3 is 2.46 bits per heavy atom. The molecule has 0 radical (unpaired) electrons. The number of nitrogens with zero attached hydrogens (tertiary/aromatic N) is 1. The van der Waals surface area contributed by atoms with Crippen molar-refractivity contribution >= 4 is 0 Å². The fourth-order valence-electron chi connectivity index (χ4n) is 0.805. The zero-order chi connectivity index (χ0) is 10.1. The number of pyridine rings is 1. The predicted octanol–water partition coefficient (Wildman–Crippen LogP) is 1.30. The first-order valence-electron chi connectivity index (χ1n) is 3.31. The molecule has 72 valence electrons. The van der Waals surface area contributed by atoms with Crippen LogP contribution in [0.25, 0.3) is 0 Å². The molecule has 1 heterocycles. The molecule has 0 spiro atoms. The van der Waals surface area contributed by atoms with Gasteiger partial charge in [0.15, 0.2) is 0 Å². The van der Waals surface area contributed by atoms with E-state index in [2.05, 4.69) is 4.98 Å². The monoisotopic (exact) mass is 193 g/mol. The van der Waals surface area contributed by atoms with Gasteiger partial charge in [0.25, 0.3) is 0 Å². The van der Waals surface area contributed by atoms with Crippen LogP contribution in [0.5, 0.6) is 5.75 Å². The molecule has 0 fully saturated rings. The number of aliphatic hydroxyl groups excluding tert-OH is 1. The second kappa shape index (κ2) is 3.21. The van der Waals surface area contributed by atoms with E-state index in [1.165, 1.54) is 0 Å². The van der Waals surface area contributed by atoms with E-state index in [1.54, 1.807) is 0 Å². The minimum atomic E-state index is -4.63. The van der Waals surface area contributed by atoms with Gasteiger partial charge in [-0.3, -0.25) is 4.98 Å². The van der Waals surface area contributed by atoms with Gasteiger partial charge in [-0.05, 0) is 6.07 Å². The lowest BCUT2D eigenvalue weighted by Crippen LogP contribution is -2.07. The van der Waals surface area contributed by atoms with Gasteiger partial charge in [0.2, 0.25) is 0 Å². The Balaban J connectivity index is 3.19. The fraction of sp³-hybridized carbons (Fsp3) is 0.286. The standard InChI is InChI=1S/C7H6F3NO2/c8-7(9,10)5-1-4(3-12)11-2-6(5)13/h1-2,12-13H,3H2. The quantitative estimate of drug-likeness (QED) is 0.706. The van der Waals surface area contributed by atoms with Crippen molar-refractivity contribution in [2.75, 3.05) is 0 Å². The average molecular weight is 193 g/mol. The number of hydrogen-bond donors (Lipinski definition) is 2. The van der Waals surface area contributed by atoms with Gasteiger partial charge in [0.1, 0.15) is 11.3 Å². The first-order valence-corrected chi connectivity index (χ1v) is 3.31. The lowest BCUT2D eigenvalue weighted by Gasteiger charge is -2.08. The molecule has 2 N–H and O–H groups in total. The highest BCUT2D eigenvalue weighted by Gasteiger charge is 2.34. The van der Waals surface area contributed by atoms with Crippen molar-refractivity contribution in [1.82, 2.24) is 4.98 Å². The van der Waals surface area contributed by atoms with Gasteiger partial charge in [0.05, 0.1) is 18.5 Å². The van der Waals surface area contributed by atoms with Crippen LogP contribution in [0.15, 0.2) is 12.3 Å². The Labute approximate surface area is 71.5 Å². The van der Waals surface area contributed by atoms with Crippen LogP contribution in [0.1, 0.15) is 11.3 Å². The third-order valence-corrected chi connectivity index (χ3v) is 1.41. The molecule has 0 aliphatic rings. The Morgan fingerprint density at radius 1 is 1.38 bits per heavy atom. The average Bonchev–Trinajstić information content (AvgIpc) is 2.03. The summed E-state index contributed by atoms with van der Waals surface area (Å²) >= 11 is 0. The van der Waals surface area contributed by atoms with Crippen LogP contribution < -0.4 is 0 Å². The van der Waals surface area contributed by atoms with Gasteiger partial charge in [-0.1, -0.05) is 0 Å². The lowest BCUT2D eigenvalue weighted by atomic mass is 10.2. The molecule has 0 saturated carbocycles. The minimum absolute atomic E-state index is 0.134. The van der Waals surface area contributed by atoms with E-state index in [9.17, 15) is 13.2 Å². The SMILES string of the molecule is OCc1cc(C(F)(F)F)c(O)cn1. The number of aliphatic hydroxyl groups is 1. The number of hydrogen-bond acceptors (Lipinski definition) is 3. The smallest absolute Gasteiger partial charge is 0.420 e. The first-order chi connectivity index (χ1) is 5.95. The van der Waals surface area contributed by atoms with E-state index in [0.29, 0.717) is 12.3 Å². The van der Waals surface area contributed by atoms with Gasteiger partial charge in [-0.25, -0.2) is 0 Å². The van der Waals surface area contributed by atoms with Crippen LogP contribution >= 0.6 is 0 Å². The number of halogens is 3. The summed E-state index contributed by atoms with van der Waals surface area (Å²) in [6.45, 7) is -0.594. The van der Waals surface area contributed by atoms with Crippen LogP contribution in [-0.2, 0) is 12.8 Å². The van der Waals surface area contributed by atoms with Gasteiger partial charge in [-0.15, -0.1) is 0 Å². The molecule has 0 unspecified atom stereocenters. The van der Waals surface area contributed by atoms with Crippen molar-refractivity contribution in [3.8, 4) is 5.75 Å². The van der Waals surface area contributed by atoms with Crippen molar-refractivity contribution in [2.45, 2.75) is 12.8 Å². The van der Waals surface area contributed by atoms with Crippen molar-refractivity contribution < 1.29 is 23.4 Å². The summed E-state index contributed by atoms with van der Waals surface area (Å²) in [6, 6.07) is 0.606. The predicted molar refractivity (Wildman–Crippen MR) is 36.8 cm³/mol. The first kappa shape index (κ1) is 9.79. The second-order valence-electron chi connectivity index (χ2n) is 2.35. The normalized spacial score (nSPS) is 11.7. The highest BCUT2D eigenvalue weighted by Crippen LogP contribution is 2.35. The summed E-state index contributed by atoms with van der Waals surface area (Å²) < 4.78 is 36.3. The molecule has 1 aromatic heterocycles. The molecular formula is C7H6F3NO2. The summed E-state index contributed by atoms with van der Waals surface area (Å²) in [5.74, 6) is -0.940. The molecule has 13 heavy (non-hydrogen) atoms. The molecule has 0 aliphatic heterocycles. The van der Waals surface area contributed by atoms with Crippen LogP contribution in [0.3, 0.4) is 0 Å². The number of rotatable bonds is 1. The highest BCUT2D eigenvalue weighted by atomic mass is 19.4. The molecule has 0 saturated heterocycles. The van der Waals surface area contributed by atoms with Gasteiger partial charge < -0.3 is 10.2 Å². The lowest BCUT2D eigenvalue weighted by molar-refractivity contribution is -0.138. The summed E-state index contributed by atoms with van der Waals surface area (Å²) in [4.78, 5) is 3.37. The molecule has 6 heteroatoms. The Bertz CT molecular complexity index is 311. The van der Waals surface area contributed by atoms with Crippen LogP contribution in [-0.4, -0.2) is 15.2 Å². The van der Waals surface area contributed by atoms with E-state index in [0.717, 1.165) is 0 Å². The maximum absolute atomic E-state index is 12.1. The molecule has 0 bridgehead atoms. The molecule has 0 aromatic carbocycles. The van der Waals surface area contributed by atoms with Gasteiger partial charge >= 0.3 is 6.18 Å². The summed E-state index contributed by atoms with van der Waals surface area (Å²) in [5.41, 5.74) is -1.32. The Morgan fingerprint density at radius 2 is 2.00 bits per heavy atom. The molecular weight excluding hydrogens is 187 g/mol. The third-order valence-electron chi connectivity index (χ3n) is 1.41. The van der Waals surface area contributed by atoms with Crippen molar-refractivity contribution in [2.24, 2.45) is 0 Å². The highest BCUT2D eigenvalue weighted by molar-refractivity contribution is 5.33. The molecule has 1 aromatic rings. The van der Waals surface area contributed by atoms with E-state index < -0.39 is 24.1 Å². The van der Waals surface area contributed by atoms with Gasteiger partial charge in [0, 0.05) is 0 Å². The summed E-state index contributed by atoms with van der Waals surface area (Å²) in [6.07, 6.45) is -3.97. The summed E-state index contributed by atoms with van der Waals surface area (Å²) in [5, 5.41) is 17.3. The topological polar surface area (TPSA) is 53.4 Å². The van der Waals surface area contributed by atoms with Crippen LogP contribution in [0.2, 0.25) is 0 Å². The van der Waals surface area contributed by atoms with E-state index in [4.69, 9.17) is 10.2 Å². The van der Waals surface area contributed by atoms with Crippen LogP contribution in [0, 0.1) is 0 Å². The Hall–Kier alpha value is -1.30. The number of alkyl halides is 3. The summed E-state index contributed by atoms with van der Waals surface area (Å²) in [7, 11) is 0. The molecule has 0 amide bonds. The number of aromatic nitrogens is 1. The van der Waals surface area contributed by atoms with E-state index in [1.807, 2.05) is 0 Å². The number of aromatic hydroxyl groups is 1.